The summed E-state index contributed by atoms with van der Waals surface area (Å²) in [7, 11) is 0. The van der Waals surface area contributed by atoms with Gasteiger partial charge in [-0.05, 0) is 24.8 Å². The summed E-state index contributed by atoms with van der Waals surface area (Å²) in [5, 5.41) is 10.5. The van der Waals surface area contributed by atoms with Crippen LogP contribution in [0.4, 0.5) is 0 Å². The molecule has 0 aromatic heterocycles. The molecule has 0 aliphatic carbocycles. The van der Waals surface area contributed by atoms with Crippen LogP contribution in [-0.2, 0) is 25.6 Å². The van der Waals surface area contributed by atoms with Gasteiger partial charge in [-0.15, -0.1) is 0 Å². The second-order valence-electron chi connectivity index (χ2n) is 7.38. The van der Waals surface area contributed by atoms with Gasteiger partial charge in [0.1, 0.15) is 12.1 Å². The molecule has 1 aromatic rings. The van der Waals surface area contributed by atoms with Crippen LogP contribution in [0.15, 0.2) is 30.3 Å². The van der Waals surface area contributed by atoms with E-state index in [0.717, 1.165) is 5.56 Å². The van der Waals surface area contributed by atoms with E-state index >= 15 is 0 Å². The van der Waals surface area contributed by atoms with Gasteiger partial charge in [0.05, 0.1) is 13.1 Å². The van der Waals surface area contributed by atoms with Crippen molar-refractivity contribution in [2.24, 2.45) is 11.7 Å². The van der Waals surface area contributed by atoms with E-state index in [1.54, 1.807) is 6.92 Å². The van der Waals surface area contributed by atoms with E-state index in [4.69, 9.17) is 5.73 Å². The molecule has 0 spiro atoms. The highest BCUT2D eigenvalue weighted by Crippen LogP contribution is 2.08. The Kier molecular flexibility index (Phi) is 11.1. The second-order valence-corrected chi connectivity index (χ2v) is 7.38. The maximum atomic E-state index is 12.9. The van der Waals surface area contributed by atoms with Gasteiger partial charge in [0, 0.05) is 13.0 Å². The molecule has 1 rings (SSSR count). The number of rotatable bonds is 12. The van der Waals surface area contributed by atoms with Gasteiger partial charge >= 0.3 is 0 Å². The average molecular weight is 420 g/mol. The number of amides is 4. The molecule has 2 unspecified atom stereocenters. The van der Waals surface area contributed by atoms with E-state index < -0.39 is 29.8 Å². The first-order valence-corrected chi connectivity index (χ1v) is 10.1. The van der Waals surface area contributed by atoms with Crippen molar-refractivity contribution in [1.82, 2.24) is 21.3 Å². The van der Waals surface area contributed by atoms with Gasteiger partial charge in [0.2, 0.25) is 23.6 Å². The van der Waals surface area contributed by atoms with Crippen LogP contribution >= 0.6 is 0 Å². The Balaban J connectivity index is 2.87. The number of likely N-dealkylation sites (N-methyl/N-ethyl adjacent to an activating group) is 1. The molecule has 166 valence electrons. The first-order valence-electron chi connectivity index (χ1n) is 10.1. The molecule has 0 fully saturated rings. The normalized spacial score (nSPS) is 12.6. The third-order valence-electron chi connectivity index (χ3n) is 4.26. The van der Waals surface area contributed by atoms with Crippen LogP contribution < -0.4 is 27.0 Å². The SMILES string of the molecule is CCNC(=O)CNC(=O)C(CC(C)C)NC(=O)C(Cc1ccccc1)NC(=O)CN. The molecule has 0 bridgehead atoms. The summed E-state index contributed by atoms with van der Waals surface area (Å²) in [4.78, 5) is 48.9. The van der Waals surface area contributed by atoms with E-state index in [1.165, 1.54) is 0 Å². The molecule has 4 amide bonds. The molecule has 30 heavy (non-hydrogen) atoms. The zero-order valence-corrected chi connectivity index (χ0v) is 17.9. The topological polar surface area (TPSA) is 142 Å². The Labute approximate surface area is 177 Å². The minimum absolute atomic E-state index is 0.122. The van der Waals surface area contributed by atoms with Gasteiger partial charge in [-0.2, -0.15) is 0 Å². The highest BCUT2D eigenvalue weighted by molar-refractivity contribution is 5.93. The number of carbonyl (C=O) groups excluding carboxylic acids is 4. The minimum Gasteiger partial charge on any atom is -0.355 e. The number of hydrogen-bond acceptors (Lipinski definition) is 5. The predicted molar refractivity (Wildman–Crippen MR) is 114 cm³/mol. The summed E-state index contributed by atoms with van der Waals surface area (Å²) in [6.45, 7) is 5.67. The molecule has 9 nitrogen and oxygen atoms in total. The van der Waals surface area contributed by atoms with Crippen LogP contribution in [0, 0.1) is 5.92 Å². The maximum Gasteiger partial charge on any atom is 0.243 e. The number of hydrogen-bond donors (Lipinski definition) is 5. The molecular formula is C21H33N5O4. The number of carbonyl (C=O) groups is 4. The third kappa shape index (κ3) is 9.51. The largest absolute Gasteiger partial charge is 0.355 e. The van der Waals surface area contributed by atoms with Crippen molar-refractivity contribution in [3.05, 3.63) is 35.9 Å². The quantitative estimate of drug-likeness (QED) is 0.309. The van der Waals surface area contributed by atoms with Crippen LogP contribution in [0.2, 0.25) is 0 Å². The molecule has 6 N–H and O–H groups in total. The van der Waals surface area contributed by atoms with E-state index in [1.807, 2.05) is 44.2 Å². The van der Waals surface area contributed by atoms with E-state index in [2.05, 4.69) is 21.3 Å². The van der Waals surface area contributed by atoms with Crippen molar-refractivity contribution in [3.8, 4) is 0 Å². The lowest BCUT2D eigenvalue weighted by Crippen LogP contribution is -2.56. The summed E-state index contributed by atoms with van der Waals surface area (Å²) in [5.41, 5.74) is 6.23. The molecule has 0 aliphatic heterocycles. The van der Waals surface area contributed by atoms with Crippen LogP contribution in [0.3, 0.4) is 0 Å². The summed E-state index contributed by atoms with van der Waals surface area (Å²) < 4.78 is 0. The fourth-order valence-corrected chi connectivity index (χ4v) is 2.84. The summed E-state index contributed by atoms with van der Waals surface area (Å²) in [6.07, 6.45) is 0.642. The number of nitrogens with one attached hydrogen (secondary N) is 4. The molecule has 0 heterocycles. The smallest absolute Gasteiger partial charge is 0.243 e. The fourth-order valence-electron chi connectivity index (χ4n) is 2.84. The third-order valence-corrected chi connectivity index (χ3v) is 4.26. The summed E-state index contributed by atoms with van der Waals surface area (Å²) in [6, 6.07) is 7.51. The number of nitrogens with two attached hydrogens (primary N) is 1. The molecule has 0 saturated heterocycles. The van der Waals surface area contributed by atoms with E-state index in [0.29, 0.717) is 13.0 Å². The Morgan fingerprint density at radius 3 is 2.13 bits per heavy atom. The molecule has 9 heteroatoms. The highest BCUT2D eigenvalue weighted by atomic mass is 16.2. The zero-order chi connectivity index (χ0) is 22.5. The van der Waals surface area contributed by atoms with Crippen molar-refractivity contribution in [2.75, 3.05) is 19.6 Å². The molecule has 0 radical (unpaired) electrons. The molecule has 1 aromatic carbocycles. The van der Waals surface area contributed by atoms with Gasteiger partial charge in [-0.3, -0.25) is 19.2 Å². The van der Waals surface area contributed by atoms with Crippen molar-refractivity contribution in [2.45, 2.75) is 45.7 Å². The zero-order valence-electron chi connectivity index (χ0n) is 17.9. The lowest BCUT2D eigenvalue weighted by atomic mass is 10.0. The van der Waals surface area contributed by atoms with Crippen molar-refractivity contribution < 1.29 is 19.2 Å². The molecule has 0 aliphatic rings. The average Bonchev–Trinajstić information content (AvgIpc) is 2.71. The van der Waals surface area contributed by atoms with Crippen molar-refractivity contribution in [3.63, 3.8) is 0 Å². The van der Waals surface area contributed by atoms with Crippen LogP contribution in [-0.4, -0.2) is 55.3 Å². The van der Waals surface area contributed by atoms with Crippen LogP contribution in [0.25, 0.3) is 0 Å². The van der Waals surface area contributed by atoms with Crippen molar-refractivity contribution >= 4 is 23.6 Å². The van der Waals surface area contributed by atoms with E-state index in [9.17, 15) is 19.2 Å². The van der Waals surface area contributed by atoms with Gasteiger partial charge in [-0.25, -0.2) is 0 Å². The molecular weight excluding hydrogens is 386 g/mol. The minimum atomic E-state index is -0.880. The Bertz CT molecular complexity index is 709. The highest BCUT2D eigenvalue weighted by Gasteiger charge is 2.27. The molecule has 0 saturated carbocycles. The Morgan fingerprint density at radius 1 is 0.900 bits per heavy atom. The van der Waals surface area contributed by atoms with E-state index in [-0.39, 0.29) is 31.3 Å². The Hall–Kier alpha value is -2.94. The predicted octanol–water partition coefficient (Wildman–Crippen LogP) is -0.544. The first-order chi connectivity index (χ1) is 14.3. The molecule has 2 atom stereocenters. The summed E-state index contributed by atoms with van der Waals surface area (Å²) >= 11 is 0. The number of benzene rings is 1. The van der Waals surface area contributed by atoms with Gasteiger partial charge in [0.25, 0.3) is 0 Å². The summed E-state index contributed by atoms with van der Waals surface area (Å²) in [5.74, 6) is -1.59. The second kappa shape index (κ2) is 13.3. The lowest BCUT2D eigenvalue weighted by molar-refractivity contribution is -0.132. The standard InChI is InChI=1S/C21H33N5O4/c1-4-23-19(28)13-24-20(29)16(10-14(2)3)26-21(30)17(25-18(27)12-22)11-15-8-6-5-7-9-15/h5-9,14,16-17H,4,10-13,22H2,1-3H3,(H,23,28)(H,24,29)(H,25,27)(H,26,30). The Morgan fingerprint density at radius 2 is 1.57 bits per heavy atom. The monoisotopic (exact) mass is 419 g/mol. The van der Waals surface area contributed by atoms with Crippen LogP contribution in [0.5, 0.6) is 0 Å². The lowest BCUT2D eigenvalue weighted by Gasteiger charge is -2.24. The van der Waals surface area contributed by atoms with Gasteiger partial charge in [-0.1, -0.05) is 44.2 Å². The first kappa shape index (κ1) is 25.1. The van der Waals surface area contributed by atoms with Crippen LogP contribution in [0.1, 0.15) is 32.8 Å². The maximum absolute atomic E-state index is 12.9. The van der Waals surface area contributed by atoms with Gasteiger partial charge < -0.3 is 27.0 Å². The fraction of sp³-hybridized carbons (Fsp3) is 0.524. The van der Waals surface area contributed by atoms with Gasteiger partial charge in [0.15, 0.2) is 0 Å². The van der Waals surface area contributed by atoms with Crippen molar-refractivity contribution in [1.29, 1.82) is 0 Å².